The summed E-state index contributed by atoms with van der Waals surface area (Å²) in [5.74, 6) is -0.940. The summed E-state index contributed by atoms with van der Waals surface area (Å²) in [6.45, 7) is 2.06. The average Bonchev–Trinajstić information content (AvgIpc) is 2.14. The molecular weight excluding hydrogens is 184 g/mol. The standard InChI is InChI=1S/C10H20O4/c1-2-3-4-5-8(11)9(12)6-7-10(13)14/h8-9,11-12H,2-7H2,1H3,(H,13,14). The third kappa shape index (κ3) is 6.86. The van der Waals surface area contributed by atoms with Crippen molar-refractivity contribution < 1.29 is 20.1 Å². The monoisotopic (exact) mass is 204 g/mol. The smallest absolute Gasteiger partial charge is 0.303 e. The molecule has 0 amide bonds. The van der Waals surface area contributed by atoms with E-state index in [2.05, 4.69) is 6.92 Å². The van der Waals surface area contributed by atoms with Crippen molar-refractivity contribution in [1.82, 2.24) is 0 Å². The van der Waals surface area contributed by atoms with Gasteiger partial charge in [-0.2, -0.15) is 0 Å². The van der Waals surface area contributed by atoms with E-state index in [9.17, 15) is 15.0 Å². The Balaban J connectivity index is 3.53. The maximum atomic E-state index is 10.2. The number of aliphatic carboxylic acids is 1. The van der Waals surface area contributed by atoms with Gasteiger partial charge in [0.25, 0.3) is 0 Å². The Bertz CT molecular complexity index is 158. The number of carboxylic acid groups (broad SMARTS) is 1. The Labute approximate surface area is 84.6 Å². The third-order valence-electron chi connectivity index (χ3n) is 2.20. The van der Waals surface area contributed by atoms with Gasteiger partial charge in [-0.15, -0.1) is 0 Å². The van der Waals surface area contributed by atoms with Crippen LogP contribution in [0, 0.1) is 0 Å². The molecule has 0 radical (unpaired) electrons. The fourth-order valence-corrected chi connectivity index (χ4v) is 1.26. The molecule has 0 aliphatic rings. The van der Waals surface area contributed by atoms with E-state index in [0.29, 0.717) is 6.42 Å². The molecule has 0 aromatic heterocycles. The fourth-order valence-electron chi connectivity index (χ4n) is 1.26. The second-order valence-corrected chi connectivity index (χ2v) is 3.56. The van der Waals surface area contributed by atoms with E-state index >= 15 is 0 Å². The Kier molecular flexibility index (Phi) is 7.42. The minimum atomic E-state index is -0.940. The summed E-state index contributed by atoms with van der Waals surface area (Å²) in [4.78, 5) is 10.2. The zero-order valence-corrected chi connectivity index (χ0v) is 8.65. The lowest BCUT2D eigenvalue weighted by Crippen LogP contribution is -2.26. The Hall–Kier alpha value is -0.610. The first-order valence-corrected chi connectivity index (χ1v) is 5.15. The Morgan fingerprint density at radius 1 is 1.14 bits per heavy atom. The maximum absolute atomic E-state index is 10.2. The molecule has 0 aliphatic carbocycles. The molecule has 0 heterocycles. The molecule has 0 saturated carbocycles. The first-order chi connectivity index (χ1) is 6.57. The van der Waals surface area contributed by atoms with Gasteiger partial charge in [-0.25, -0.2) is 0 Å². The van der Waals surface area contributed by atoms with Gasteiger partial charge in [-0.1, -0.05) is 26.2 Å². The van der Waals surface area contributed by atoms with Gasteiger partial charge in [0.15, 0.2) is 0 Å². The fraction of sp³-hybridized carbons (Fsp3) is 0.900. The highest BCUT2D eigenvalue weighted by Crippen LogP contribution is 2.10. The van der Waals surface area contributed by atoms with Crippen molar-refractivity contribution >= 4 is 5.97 Å². The summed E-state index contributed by atoms with van der Waals surface area (Å²) < 4.78 is 0. The molecule has 0 bridgehead atoms. The largest absolute Gasteiger partial charge is 0.481 e. The summed E-state index contributed by atoms with van der Waals surface area (Å²) in [6.07, 6.45) is 1.88. The summed E-state index contributed by atoms with van der Waals surface area (Å²) in [5.41, 5.74) is 0. The molecule has 4 heteroatoms. The van der Waals surface area contributed by atoms with Crippen LogP contribution in [0.1, 0.15) is 45.4 Å². The van der Waals surface area contributed by atoms with E-state index in [4.69, 9.17) is 5.11 Å². The van der Waals surface area contributed by atoms with E-state index in [1.54, 1.807) is 0 Å². The van der Waals surface area contributed by atoms with Crippen LogP contribution in [0.3, 0.4) is 0 Å². The molecule has 2 atom stereocenters. The summed E-state index contributed by atoms with van der Waals surface area (Å²) in [6, 6.07) is 0. The molecule has 0 fully saturated rings. The number of carboxylic acids is 1. The Morgan fingerprint density at radius 3 is 2.21 bits per heavy atom. The van der Waals surface area contributed by atoms with Crippen LogP contribution in [0.2, 0.25) is 0 Å². The van der Waals surface area contributed by atoms with Crippen LogP contribution < -0.4 is 0 Å². The zero-order valence-electron chi connectivity index (χ0n) is 8.65. The van der Waals surface area contributed by atoms with Crippen molar-refractivity contribution in [2.45, 2.75) is 57.7 Å². The summed E-state index contributed by atoms with van der Waals surface area (Å²) in [5, 5.41) is 27.1. The van der Waals surface area contributed by atoms with Crippen molar-refractivity contribution in [2.75, 3.05) is 0 Å². The van der Waals surface area contributed by atoms with Crippen LogP contribution in [0.15, 0.2) is 0 Å². The predicted octanol–water partition coefficient (Wildman–Crippen LogP) is 1.15. The van der Waals surface area contributed by atoms with Crippen LogP contribution in [-0.4, -0.2) is 33.5 Å². The van der Waals surface area contributed by atoms with Crippen molar-refractivity contribution in [2.24, 2.45) is 0 Å². The summed E-state index contributed by atoms with van der Waals surface area (Å²) >= 11 is 0. The van der Waals surface area contributed by atoms with Crippen molar-refractivity contribution in [3.63, 3.8) is 0 Å². The molecule has 0 spiro atoms. The van der Waals surface area contributed by atoms with Crippen LogP contribution >= 0.6 is 0 Å². The van der Waals surface area contributed by atoms with E-state index < -0.39 is 18.2 Å². The number of carbonyl (C=O) groups is 1. The molecule has 14 heavy (non-hydrogen) atoms. The van der Waals surface area contributed by atoms with Gasteiger partial charge in [0.05, 0.1) is 12.2 Å². The predicted molar refractivity (Wildman–Crippen MR) is 53.0 cm³/mol. The lowest BCUT2D eigenvalue weighted by Gasteiger charge is -2.16. The first kappa shape index (κ1) is 13.4. The molecule has 0 aromatic carbocycles. The van der Waals surface area contributed by atoms with Crippen LogP contribution in [0.5, 0.6) is 0 Å². The highest BCUT2D eigenvalue weighted by Gasteiger charge is 2.16. The van der Waals surface area contributed by atoms with Gasteiger partial charge in [0.1, 0.15) is 0 Å². The molecule has 0 aromatic rings. The van der Waals surface area contributed by atoms with Crippen molar-refractivity contribution in [3.8, 4) is 0 Å². The van der Waals surface area contributed by atoms with E-state index in [1.165, 1.54) is 0 Å². The van der Waals surface area contributed by atoms with Crippen molar-refractivity contribution in [1.29, 1.82) is 0 Å². The molecule has 4 nitrogen and oxygen atoms in total. The highest BCUT2D eigenvalue weighted by molar-refractivity contribution is 5.66. The van der Waals surface area contributed by atoms with Gasteiger partial charge in [0.2, 0.25) is 0 Å². The second kappa shape index (κ2) is 7.76. The first-order valence-electron chi connectivity index (χ1n) is 5.15. The second-order valence-electron chi connectivity index (χ2n) is 3.56. The summed E-state index contributed by atoms with van der Waals surface area (Å²) in [7, 11) is 0. The molecule has 2 unspecified atom stereocenters. The normalized spacial score (nSPS) is 15.1. The van der Waals surface area contributed by atoms with Crippen LogP contribution in [0.4, 0.5) is 0 Å². The van der Waals surface area contributed by atoms with Crippen LogP contribution in [0.25, 0.3) is 0 Å². The van der Waals surface area contributed by atoms with Gasteiger partial charge in [0, 0.05) is 6.42 Å². The average molecular weight is 204 g/mol. The lowest BCUT2D eigenvalue weighted by molar-refractivity contribution is -0.138. The van der Waals surface area contributed by atoms with Crippen LogP contribution in [-0.2, 0) is 4.79 Å². The number of aliphatic hydroxyl groups excluding tert-OH is 2. The molecular formula is C10H20O4. The topological polar surface area (TPSA) is 77.8 Å². The molecule has 3 N–H and O–H groups in total. The lowest BCUT2D eigenvalue weighted by atomic mass is 10.0. The van der Waals surface area contributed by atoms with Crippen molar-refractivity contribution in [3.05, 3.63) is 0 Å². The number of aliphatic hydroxyl groups is 2. The number of hydrogen-bond donors (Lipinski definition) is 3. The molecule has 0 rings (SSSR count). The minimum Gasteiger partial charge on any atom is -0.481 e. The van der Waals surface area contributed by atoms with Gasteiger partial charge >= 0.3 is 5.97 Å². The minimum absolute atomic E-state index is 0.0913. The SMILES string of the molecule is CCCCCC(O)C(O)CCC(=O)O. The quantitative estimate of drug-likeness (QED) is 0.518. The molecule has 84 valence electrons. The Morgan fingerprint density at radius 2 is 1.71 bits per heavy atom. The third-order valence-corrected chi connectivity index (χ3v) is 2.20. The van der Waals surface area contributed by atoms with Gasteiger partial charge < -0.3 is 15.3 Å². The van der Waals surface area contributed by atoms with Gasteiger partial charge in [-0.3, -0.25) is 4.79 Å². The number of rotatable bonds is 8. The van der Waals surface area contributed by atoms with Gasteiger partial charge in [-0.05, 0) is 12.8 Å². The zero-order chi connectivity index (χ0) is 11.0. The number of hydrogen-bond acceptors (Lipinski definition) is 3. The highest BCUT2D eigenvalue weighted by atomic mass is 16.4. The maximum Gasteiger partial charge on any atom is 0.303 e. The van der Waals surface area contributed by atoms with E-state index in [-0.39, 0.29) is 12.8 Å². The molecule has 0 aliphatic heterocycles. The number of unbranched alkanes of at least 4 members (excludes halogenated alkanes) is 2. The molecule has 0 saturated heterocycles. The van der Waals surface area contributed by atoms with E-state index in [0.717, 1.165) is 19.3 Å². The van der Waals surface area contributed by atoms with E-state index in [1.807, 2.05) is 0 Å².